The molecular formula is C14H14N2O4. The number of likely N-dealkylation sites (tertiary alicyclic amines) is 1. The highest BCUT2D eigenvalue weighted by molar-refractivity contribution is 6.05. The summed E-state index contributed by atoms with van der Waals surface area (Å²) in [5.41, 5.74) is 2.18. The first-order chi connectivity index (χ1) is 9.47. The molecule has 6 nitrogen and oxygen atoms in total. The molecule has 1 fully saturated rings. The minimum absolute atomic E-state index is 0.165. The van der Waals surface area contributed by atoms with Crippen LogP contribution in [0.3, 0.4) is 0 Å². The van der Waals surface area contributed by atoms with Crippen LogP contribution in [0.5, 0.6) is 0 Å². The molecule has 1 aromatic rings. The van der Waals surface area contributed by atoms with Crippen LogP contribution in [-0.4, -0.2) is 45.8 Å². The summed E-state index contributed by atoms with van der Waals surface area (Å²) >= 11 is 0. The first kappa shape index (κ1) is 12.8. The van der Waals surface area contributed by atoms with Gasteiger partial charge in [0.2, 0.25) is 11.8 Å². The summed E-state index contributed by atoms with van der Waals surface area (Å²) < 4.78 is 0. The van der Waals surface area contributed by atoms with Gasteiger partial charge in [-0.1, -0.05) is 6.07 Å². The largest absolute Gasteiger partial charge is 0.478 e. The predicted molar refractivity (Wildman–Crippen MR) is 68.8 cm³/mol. The number of likely N-dealkylation sites (N-methyl/N-ethyl adjacent to an activating group) is 1. The van der Waals surface area contributed by atoms with Crippen LogP contribution in [0, 0.1) is 0 Å². The summed E-state index contributed by atoms with van der Waals surface area (Å²) in [6.07, 6.45) is 0.203. The number of carbonyl (C=O) groups is 3. The minimum atomic E-state index is -0.960. The first-order valence-electron chi connectivity index (χ1n) is 6.37. The summed E-state index contributed by atoms with van der Waals surface area (Å²) in [5.74, 6) is -1.30. The standard InChI is InChI=1S/C14H14N2O4/c1-15-12(17)5-11(13(15)18)16-6-9-3-2-8(14(19)20)4-10(9)7-16/h2-4,11H,5-7H2,1H3,(H,19,20). The van der Waals surface area contributed by atoms with E-state index in [2.05, 4.69) is 0 Å². The van der Waals surface area contributed by atoms with E-state index >= 15 is 0 Å². The lowest BCUT2D eigenvalue weighted by molar-refractivity contribution is -0.138. The zero-order valence-corrected chi connectivity index (χ0v) is 11.0. The molecule has 0 saturated carbocycles. The molecule has 2 heterocycles. The summed E-state index contributed by atoms with van der Waals surface area (Å²) in [6, 6.07) is 4.57. The fourth-order valence-corrected chi connectivity index (χ4v) is 2.80. The van der Waals surface area contributed by atoms with Gasteiger partial charge in [0.05, 0.1) is 18.0 Å². The fraction of sp³-hybridized carbons (Fsp3) is 0.357. The Morgan fingerprint density at radius 3 is 2.55 bits per heavy atom. The monoisotopic (exact) mass is 274 g/mol. The van der Waals surface area contributed by atoms with Crippen molar-refractivity contribution in [3.8, 4) is 0 Å². The van der Waals surface area contributed by atoms with E-state index < -0.39 is 12.0 Å². The molecule has 1 unspecified atom stereocenters. The maximum Gasteiger partial charge on any atom is 0.335 e. The Kier molecular flexibility index (Phi) is 2.83. The molecule has 1 N–H and O–H groups in total. The Morgan fingerprint density at radius 1 is 1.25 bits per heavy atom. The predicted octanol–water partition coefficient (Wildman–Crippen LogP) is 0.458. The van der Waals surface area contributed by atoms with Crippen LogP contribution >= 0.6 is 0 Å². The highest BCUT2D eigenvalue weighted by atomic mass is 16.4. The number of fused-ring (bicyclic) bond motifs is 1. The van der Waals surface area contributed by atoms with Crippen molar-refractivity contribution in [1.29, 1.82) is 0 Å². The summed E-state index contributed by atoms with van der Waals surface area (Å²) in [7, 11) is 1.50. The molecule has 2 amide bonds. The first-order valence-corrected chi connectivity index (χ1v) is 6.37. The van der Waals surface area contributed by atoms with Crippen molar-refractivity contribution in [2.45, 2.75) is 25.6 Å². The number of imide groups is 1. The SMILES string of the molecule is CN1C(=O)CC(N2Cc3ccc(C(=O)O)cc3C2)C1=O. The molecule has 2 aliphatic rings. The van der Waals surface area contributed by atoms with Gasteiger partial charge in [-0.2, -0.15) is 0 Å². The van der Waals surface area contributed by atoms with E-state index in [0.717, 1.165) is 16.0 Å². The van der Waals surface area contributed by atoms with Crippen molar-refractivity contribution in [1.82, 2.24) is 9.80 Å². The maximum atomic E-state index is 12.0. The van der Waals surface area contributed by atoms with Gasteiger partial charge in [-0.15, -0.1) is 0 Å². The number of carbonyl (C=O) groups excluding carboxylic acids is 2. The van der Waals surface area contributed by atoms with Crippen LogP contribution in [0.4, 0.5) is 0 Å². The number of carboxylic acids is 1. The lowest BCUT2D eigenvalue weighted by atomic mass is 10.1. The quantitative estimate of drug-likeness (QED) is 0.793. The second-order valence-electron chi connectivity index (χ2n) is 5.20. The van der Waals surface area contributed by atoms with E-state index in [1.165, 1.54) is 7.05 Å². The molecule has 3 rings (SSSR count). The number of rotatable bonds is 2. The Hall–Kier alpha value is -2.21. The molecule has 1 saturated heterocycles. The van der Waals surface area contributed by atoms with Crippen LogP contribution < -0.4 is 0 Å². The van der Waals surface area contributed by atoms with Crippen molar-refractivity contribution in [3.63, 3.8) is 0 Å². The Balaban J connectivity index is 1.82. The molecular weight excluding hydrogens is 260 g/mol. The zero-order valence-electron chi connectivity index (χ0n) is 11.0. The van der Waals surface area contributed by atoms with Gasteiger partial charge in [0.25, 0.3) is 0 Å². The number of benzene rings is 1. The van der Waals surface area contributed by atoms with Crippen LogP contribution in [0.2, 0.25) is 0 Å². The summed E-state index contributed by atoms with van der Waals surface area (Å²) in [6.45, 7) is 1.08. The third kappa shape index (κ3) is 1.89. The number of aromatic carboxylic acids is 1. The number of carboxylic acid groups (broad SMARTS) is 1. The number of hydrogen-bond acceptors (Lipinski definition) is 4. The Morgan fingerprint density at radius 2 is 1.95 bits per heavy atom. The van der Waals surface area contributed by atoms with Gasteiger partial charge in [-0.25, -0.2) is 4.79 Å². The van der Waals surface area contributed by atoms with Crippen molar-refractivity contribution in [3.05, 3.63) is 34.9 Å². The van der Waals surface area contributed by atoms with E-state index in [1.807, 2.05) is 4.90 Å². The smallest absolute Gasteiger partial charge is 0.335 e. The van der Waals surface area contributed by atoms with Gasteiger partial charge >= 0.3 is 5.97 Å². The average molecular weight is 274 g/mol. The molecule has 0 radical (unpaired) electrons. The van der Waals surface area contributed by atoms with Gasteiger partial charge in [-0.05, 0) is 23.3 Å². The molecule has 0 aromatic heterocycles. The Bertz CT molecular complexity index is 626. The third-order valence-electron chi connectivity index (χ3n) is 4.00. The van der Waals surface area contributed by atoms with Crippen molar-refractivity contribution in [2.24, 2.45) is 0 Å². The van der Waals surface area contributed by atoms with Gasteiger partial charge in [0, 0.05) is 20.1 Å². The van der Waals surface area contributed by atoms with E-state index in [9.17, 15) is 14.4 Å². The van der Waals surface area contributed by atoms with Gasteiger partial charge < -0.3 is 5.11 Å². The second kappa shape index (κ2) is 4.42. The second-order valence-corrected chi connectivity index (χ2v) is 5.20. The van der Waals surface area contributed by atoms with Gasteiger partial charge in [0.15, 0.2) is 0 Å². The number of amides is 2. The average Bonchev–Trinajstić information content (AvgIpc) is 2.94. The van der Waals surface area contributed by atoms with Crippen LogP contribution in [0.25, 0.3) is 0 Å². The minimum Gasteiger partial charge on any atom is -0.478 e. The van der Waals surface area contributed by atoms with Crippen molar-refractivity contribution >= 4 is 17.8 Å². The lowest BCUT2D eigenvalue weighted by Crippen LogP contribution is -2.37. The van der Waals surface area contributed by atoms with E-state index in [0.29, 0.717) is 13.1 Å². The highest BCUT2D eigenvalue weighted by Crippen LogP contribution is 2.29. The molecule has 2 aliphatic heterocycles. The third-order valence-corrected chi connectivity index (χ3v) is 4.00. The van der Waals surface area contributed by atoms with E-state index in [4.69, 9.17) is 5.11 Å². The van der Waals surface area contributed by atoms with Gasteiger partial charge in [-0.3, -0.25) is 19.4 Å². The fourth-order valence-electron chi connectivity index (χ4n) is 2.80. The summed E-state index contributed by atoms with van der Waals surface area (Å²) in [4.78, 5) is 37.6. The lowest BCUT2D eigenvalue weighted by Gasteiger charge is -2.20. The molecule has 104 valence electrons. The van der Waals surface area contributed by atoms with Crippen LogP contribution in [-0.2, 0) is 22.7 Å². The molecule has 20 heavy (non-hydrogen) atoms. The van der Waals surface area contributed by atoms with Crippen molar-refractivity contribution < 1.29 is 19.5 Å². The van der Waals surface area contributed by atoms with Crippen LogP contribution in [0.1, 0.15) is 27.9 Å². The summed E-state index contributed by atoms with van der Waals surface area (Å²) in [5, 5.41) is 8.99. The van der Waals surface area contributed by atoms with Gasteiger partial charge in [0.1, 0.15) is 0 Å². The van der Waals surface area contributed by atoms with E-state index in [1.54, 1.807) is 18.2 Å². The number of hydrogen-bond donors (Lipinski definition) is 1. The zero-order chi connectivity index (χ0) is 14.4. The van der Waals surface area contributed by atoms with E-state index in [-0.39, 0.29) is 23.8 Å². The molecule has 1 atom stereocenters. The molecule has 0 spiro atoms. The number of nitrogens with zero attached hydrogens (tertiary/aromatic N) is 2. The topological polar surface area (TPSA) is 77.9 Å². The van der Waals surface area contributed by atoms with Crippen molar-refractivity contribution in [2.75, 3.05) is 7.05 Å². The van der Waals surface area contributed by atoms with Crippen LogP contribution in [0.15, 0.2) is 18.2 Å². The maximum absolute atomic E-state index is 12.0. The molecule has 1 aromatic carbocycles. The molecule has 6 heteroatoms. The molecule has 0 aliphatic carbocycles. The highest BCUT2D eigenvalue weighted by Gasteiger charge is 2.41. The molecule has 0 bridgehead atoms. The normalized spacial score (nSPS) is 22.4. The Labute approximate surface area is 115 Å².